The molecule has 1 unspecified atom stereocenters. The van der Waals surface area contributed by atoms with Crippen LogP contribution in [0.5, 0.6) is 0 Å². The molecule has 0 aliphatic heterocycles. The van der Waals surface area contributed by atoms with Gasteiger partial charge in [-0.25, -0.2) is 9.97 Å². The molecule has 158 valence electrons. The van der Waals surface area contributed by atoms with Crippen LogP contribution in [0.1, 0.15) is 37.9 Å². The number of halogens is 5. The van der Waals surface area contributed by atoms with Gasteiger partial charge in [0.1, 0.15) is 17.0 Å². The Kier molecular flexibility index (Phi) is 4.51. The summed E-state index contributed by atoms with van der Waals surface area (Å²) in [7, 11) is 0. The normalized spacial score (nSPS) is 14.2. The highest BCUT2D eigenvalue weighted by Gasteiger charge is 2.59. The number of hydrogen-bond donors (Lipinski definition) is 0. The second-order valence-electron chi connectivity index (χ2n) is 7.37. The van der Waals surface area contributed by atoms with Gasteiger partial charge in [0.15, 0.2) is 0 Å². The molecule has 11 heteroatoms. The number of nitrogens with zero attached hydrogens (tertiary/aromatic N) is 5. The summed E-state index contributed by atoms with van der Waals surface area (Å²) >= 11 is 0. The Balaban J connectivity index is 2.06. The summed E-state index contributed by atoms with van der Waals surface area (Å²) in [6.07, 6.45) is -3.24. The van der Waals surface area contributed by atoms with E-state index < -0.39 is 17.7 Å². The molecule has 30 heavy (non-hydrogen) atoms. The molecule has 4 aromatic rings. The Morgan fingerprint density at radius 3 is 2.37 bits per heavy atom. The molecule has 0 aromatic carbocycles. The topological polar surface area (TPSA) is 69.1 Å². The van der Waals surface area contributed by atoms with E-state index in [9.17, 15) is 22.0 Å². The first kappa shape index (κ1) is 20.2. The van der Waals surface area contributed by atoms with Crippen molar-refractivity contribution in [3.05, 3.63) is 42.0 Å². The molecule has 0 N–H and O–H groups in total. The molecule has 4 rings (SSSR count). The number of fused-ring (bicyclic) bond motifs is 3. The van der Waals surface area contributed by atoms with Crippen LogP contribution < -0.4 is 0 Å². The predicted octanol–water partition coefficient (Wildman–Crippen LogP) is 5.35. The quantitative estimate of drug-likeness (QED) is 0.413. The average Bonchev–Trinajstić information content (AvgIpc) is 3.34. The van der Waals surface area contributed by atoms with Crippen molar-refractivity contribution >= 4 is 16.7 Å². The summed E-state index contributed by atoms with van der Waals surface area (Å²) in [5.41, 5.74) is -0.531. The van der Waals surface area contributed by atoms with Crippen LogP contribution in [0.15, 0.2) is 35.2 Å². The van der Waals surface area contributed by atoms with Crippen LogP contribution in [0.4, 0.5) is 22.0 Å². The summed E-state index contributed by atoms with van der Waals surface area (Å²) in [6, 6.07) is 3.36. The van der Waals surface area contributed by atoms with Crippen molar-refractivity contribution in [2.45, 2.75) is 38.8 Å². The maximum Gasteiger partial charge on any atom is 0.458 e. The van der Waals surface area contributed by atoms with Gasteiger partial charge in [0.05, 0.1) is 0 Å². The summed E-state index contributed by atoms with van der Waals surface area (Å²) in [6.45, 7) is 5.40. The minimum atomic E-state index is -5.75. The highest BCUT2D eigenvalue weighted by atomic mass is 19.4. The molecule has 0 amide bonds. The van der Waals surface area contributed by atoms with E-state index in [1.165, 1.54) is 22.7 Å². The van der Waals surface area contributed by atoms with Crippen LogP contribution in [-0.2, 0) is 5.92 Å². The third-order valence-corrected chi connectivity index (χ3v) is 5.16. The molecule has 4 aromatic heterocycles. The van der Waals surface area contributed by atoms with Crippen molar-refractivity contribution in [1.29, 1.82) is 0 Å². The van der Waals surface area contributed by atoms with Gasteiger partial charge in [-0.2, -0.15) is 22.0 Å². The van der Waals surface area contributed by atoms with Gasteiger partial charge in [0.2, 0.25) is 6.39 Å². The van der Waals surface area contributed by atoms with Gasteiger partial charge >= 0.3 is 12.1 Å². The maximum absolute atomic E-state index is 14.5. The molecule has 6 nitrogen and oxygen atoms in total. The van der Waals surface area contributed by atoms with Gasteiger partial charge in [-0.15, -0.1) is 10.2 Å². The van der Waals surface area contributed by atoms with Crippen LogP contribution in [0.25, 0.3) is 28.3 Å². The van der Waals surface area contributed by atoms with Gasteiger partial charge in [0.25, 0.3) is 5.89 Å². The van der Waals surface area contributed by atoms with E-state index in [2.05, 4.69) is 20.2 Å². The van der Waals surface area contributed by atoms with Gasteiger partial charge in [0, 0.05) is 28.8 Å². The molecule has 0 aliphatic carbocycles. The maximum atomic E-state index is 14.5. The van der Waals surface area contributed by atoms with Crippen LogP contribution in [-0.4, -0.2) is 30.7 Å². The first-order valence-corrected chi connectivity index (χ1v) is 9.05. The number of pyridine rings is 2. The standard InChI is InChI=1S/C19H16F5N5O/c1-9(2)10(3)13-6-12(18(20,21)19(22,23)24)11-4-5-15-26-14(17-28-25-8-30-17)7-29(15)16(11)27-13/h4-10H,1-3H3. The average molecular weight is 425 g/mol. The van der Waals surface area contributed by atoms with Crippen LogP contribution in [0.2, 0.25) is 0 Å². The summed E-state index contributed by atoms with van der Waals surface area (Å²) in [5.74, 6) is -5.35. The lowest BCUT2D eigenvalue weighted by Gasteiger charge is -2.24. The summed E-state index contributed by atoms with van der Waals surface area (Å²) < 4.78 is 75.0. The van der Waals surface area contributed by atoms with E-state index in [1.54, 1.807) is 6.92 Å². The molecule has 4 heterocycles. The lowest BCUT2D eigenvalue weighted by molar-refractivity contribution is -0.288. The number of alkyl halides is 5. The van der Waals surface area contributed by atoms with E-state index in [1.807, 2.05) is 13.8 Å². The number of rotatable bonds is 4. The molecule has 0 bridgehead atoms. The van der Waals surface area contributed by atoms with E-state index in [0.717, 1.165) is 12.5 Å². The summed E-state index contributed by atoms with van der Waals surface area (Å²) in [5, 5.41) is 6.97. The van der Waals surface area contributed by atoms with Gasteiger partial charge in [-0.05, 0) is 24.1 Å². The van der Waals surface area contributed by atoms with Crippen molar-refractivity contribution < 1.29 is 26.4 Å². The first-order valence-electron chi connectivity index (χ1n) is 9.05. The third kappa shape index (κ3) is 3.08. The van der Waals surface area contributed by atoms with Crippen molar-refractivity contribution in [3.63, 3.8) is 0 Å². The van der Waals surface area contributed by atoms with Gasteiger partial charge < -0.3 is 4.42 Å². The minimum Gasteiger partial charge on any atom is -0.422 e. The second-order valence-corrected chi connectivity index (χ2v) is 7.37. The second kappa shape index (κ2) is 6.71. The van der Waals surface area contributed by atoms with Crippen LogP contribution >= 0.6 is 0 Å². The largest absolute Gasteiger partial charge is 0.458 e. The molecular formula is C19H16F5N5O. The molecule has 0 radical (unpaired) electrons. The lowest BCUT2D eigenvalue weighted by atomic mass is 9.91. The molecule has 0 aliphatic rings. The number of imidazole rings is 1. The highest BCUT2D eigenvalue weighted by Crippen LogP contribution is 2.47. The zero-order valence-corrected chi connectivity index (χ0v) is 16.1. The van der Waals surface area contributed by atoms with Crippen LogP contribution in [0.3, 0.4) is 0 Å². The Morgan fingerprint density at radius 2 is 1.77 bits per heavy atom. The Hall–Kier alpha value is -3.11. The van der Waals surface area contributed by atoms with Crippen LogP contribution in [0, 0.1) is 5.92 Å². The Labute approximate surface area is 166 Å². The predicted molar refractivity (Wildman–Crippen MR) is 97.0 cm³/mol. The van der Waals surface area contributed by atoms with E-state index in [4.69, 9.17) is 4.42 Å². The van der Waals surface area contributed by atoms with Gasteiger partial charge in [-0.1, -0.05) is 20.8 Å². The molecular weight excluding hydrogens is 409 g/mol. The lowest BCUT2D eigenvalue weighted by Crippen LogP contribution is -2.34. The highest BCUT2D eigenvalue weighted by molar-refractivity contribution is 5.84. The van der Waals surface area contributed by atoms with Crippen molar-refractivity contribution in [2.24, 2.45) is 5.92 Å². The van der Waals surface area contributed by atoms with E-state index in [-0.39, 0.29) is 40.1 Å². The SMILES string of the molecule is CC(C)C(C)c1cc(C(F)(F)C(F)(F)F)c2ccc3nc(-c4nnco4)cn3c2n1. The molecule has 0 saturated heterocycles. The number of hydrogen-bond acceptors (Lipinski definition) is 5. The van der Waals surface area contributed by atoms with E-state index >= 15 is 0 Å². The molecule has 0 saturated carbocycles. The zero-order chi connectivity index (χ0) is 21.8. The number of aromatic nitrogens is 5. The first-order chi connectivity index (χ1) is 14.0. The fraction of sp³-hybridized carbons (Fsp3) is 0.368. The fourth-order valence-electron chi connectivity index (χ4n) is 3.12. The molecule has 0 fully saturated rings. The Morgan fingerprint density at radius 1 is 1.03 bits per heavy atom. The van der Waals surface area contributed by atoms with Gasteiger partial charge in [-0.3, -0.25) is 4.40 Å². The van der Waals surface area contributed by atoms with Crippen molar-refractivity contribution in [3.8, 4) is 11.6 Å². The smallest absolute Gasteiger partial charge is 0.422 e. The third-order valence-electron chi connectivity index (χ3n) is 5.16. The van der Waals surface area contributed by atoms with Crippen molar-refractivity contribution in [1.82, 2.24) is 24.6 Å². The summed E-state index contributed by atoms with van der Waals surface area (Å²) in [4.78, 5) is 8.70. The Bertz CT molecular complexity index is 1210. The molecule has 1 atom stereocenters. The fourth-order valence-corrected chi connectivity index (χ4v) is 3.12. The zero-order valence-electron chi connectivity index (χ0n) is 16.1. The monoisotopic (exact) mass is 425 g/mol. The van der Waals surface area contributed by atoms with E-state index in [0.29, 0.717) is 5.65 Å². The molecule has 0 spiro atoms. The minimum absolute atomic E-state index is 0.0294. The van der Waals surface area contributed by atoms with Crippen molar-refractivity contribution in [2.75, 3.05) is 0 Å².